The summed E-state index contributed by atoms with van der Waals surface area (Å²) in [5.41, 5.74) is 2.16. The molecule has 0 unspecified atom stereocenters. The Labute approximate surface area is 92.5 Å². The first-order chi connectivity index (χ1) is 7.36. The molecule has 0 spiro atoms. The molecule has 0 saturated carbocycles. The lowest BCUT2D eigenvalue weighted by molar-refractivity contribution is 0.282. The molecule has 0 aliphatic heterocycles. The van der Waals surface area contributed by atoms with Gasteiger partial charge in [-0.3, -0.25) is 0 Å². The third kappa shape index (κ3) is 4.80. The average Bonchev–Trinajstić information content (AvgIpc) is 2.29. The van der Waals surface area contributed by atoms with E-state index in [0.717, 1.165) is 12.0 Å². The second-order valence-electron chi connectivity index (χ2n) is 3.80. The van der Waals surface area contributed by atoms with Crippen molar-refractivity contribution >= 4 is 6.08 Å². The molecule has 0 saturated heterocycles. The van der Waals surface area contributed by atoms with E-state index in [1.54, 1.807) is 0 Å². The minimum Gasteiger partial charge on any atom is -0.392 e. The number of allylic oxidation sites excluding steroid dienone is 1. The van der Waals surface area contributed by atoms with Gasteiger partial charge in [0.1, 0.15) is 0 Å². The Kier molecular flexibility index (Phi) is 5.79. The molecule has 0 radical (unpaired) electrons. The summed E-state index contributed by atoms with van der Waals surface area (Å²) in [6, 6.07) is 8.01. The Bertz CT molecular complexity index is 302. The first-order valence-corrected chi connectivity index (χ1v) is 5.73. The van der Waals surface area contributed by atoms with Crippen LogP contribution in [0.2, 0.25) is 0 Å². The molecule has 15 heavy (non-hydrogen) atoms. The van der Waals surface area contributed by atoms with E-state index in [1.807, 2.05) is 18.2 Å². The number of rotatable bonds is 6. The van der Waals surface area contributed by atoms with E-state index in [4.69, 9.17) is 5.11 Å². The fourth-order valence-corrected chi connectivity index (χ4v) is 1.53. The molecule has 0 aliphatic carbocycles. The van der Waals surface area contributed by atoms with Gasteiger partial charge in [0.25, 0.3) is 0 Å². The van der Waals surface area contributed by atoms with Crippen molar-refractivity contribution in [2.45, 2.75) is 39.2 Å². The quantitative estimate of drug-likeness (QED) is 0.699. The third-order valence-corrected chi connectivity index (χ3v) is 2.42. The standard InChI is InChI=1S/C14H20O/c1-2-3-4-5-6-8-13-9-7-10-14(11-13)12-15/h6-11,15H,2-5,12H2,1H3/b8-6+. The highest BCUT2D eigenvalue weighted by molar-refractivity contribution is 5.50. The Morgan fingerprint density at radius 1 is 1.27 bits per heavy atom. The van der Waals surface area contributed by atoms with E-state index in [2.05, 4.69) is 25.1 Å². The van der Waals surface area contributed by atoms with Crippen LogP contribution in [0.4, 0.5) is 0 Å². The summed E-state index contributed by atoms with van der Waals surface area (Å²) >= 11 is 0. The molecule has 1 rings (SSSR count). The number of benzene rings is 1. The summed E-state index contributed by atoms with van der Waals surface area (Å²) in [6.07, 6.45) is 9.35. The van der Waals surface area contributed by atoms with Crippen LogP contribution in [0.5, 0.6) is 0 Å². The first kappa shape index (κ1) is 12.0. The van der Waals surface area contributed by atoms with Gasteiger partial charge in [0, 0.05) is 0 Å². The van der Waals surface area contributed by atoms with Gasteiger partial charge in [-0.25, -0.2) is 0 Å². The van der Waals surface area contributed by atoms with Crippen LogP contribution in [0.3, 0.4) is 0 Å². The van der Waals surface area contributed by atoms with E-state index in [0.29, 0.717) is 0 Å². The number of aliphatic hydroxyl groups excluding tert-OH is 1. The van der Waals surface area contributed by atoms with Gasteiger partial charge in [0.2, 0.25) is 0 Å². The number of hydrogen-bond donors (Lipinski definition) is 1. The van der Waals surface area contributed by atoms with E-state index in [9.17, 15) is 0 Å². The number of unbranched alkanes of at least 4 members (excludes halogenated alkanes) is 3. The summed E-state index contributed by atoms with van der Waals surface area (Å²) in [6.45, 7) is 2.34. The lowest BCUT2D eigenvalue weighted by Gasteiger charge is -1.98. The normalized spacial score (nSPS) is 11.1. The maximum Gasteiger partial charge on any atom is 0.0682 e. The van der Waals surface area contributed by atoms with Gasteiger partial charge in [0.15, 0.2) is 0 Å². The highest BCUT2D eigenvalue weighted by Gasteiger charge is 1.90. The minimum absolute atomic E-state index is 0.123. The summed E-state index contributed by atoms with van der Waals surface area (Å²) < 4.78 is 0. The van der Waals surface area contributed by atoms with Crippen LogP contribution in [0.1, 0.15) is 43.7 Å². The van der Waals surface area contributed by atoms with Crippen LogP contribution in [-0.2, 0) is 6.61 Å². The molecule has 82 valence electrons. The summed E-state index contributed by atoms with van der Waals surface area (Å²) in [5.74, 6) is 0. The molecular formula is C14H20O. The molecule has 0 heterocycles. The summed E-state index contributed by atoms with van der Waals surface area (Å²) in [5, 5.41) is 8.98. The van der Waals surface area contributed by atoms with Crippen LogP contribution in [0.15, 0.2) is 30.3 Å². The molecule has 1 aromatic carbocycles. The molecule has 0 fully saturated rings. The smallest absolute Gasteiger partial charge is 0.0682 e. The molecule has 0 amide bonds. The van der Waals surface area contributed by atoms with E-state index >= 15 is 0 Å². The zero-order chi connectivity index (χ0) is 10.9. The maximum atomic E-state index is 8.98. The molecule has 1 heteroatoms. The second kappa shape index (κ2) is 7.24. The van der Waals surface area contributed by atoms with Crippen molar-refractivity contribution in [3.63, 3.8) is 0 Å². The Hall–Kier alpha value is -1.08. The lowest BCUT2D eigenvalue weighted by Crippen LogP contribution is -1.82. The van der Waals surface area contributed by atoms with Crippen molar-refractivity contribution < 1.29 is 5.11 Å². The van der Waals surface area contributed by atoms with Crippen molar-refractivity contribution in [3.8, 4) is 0 Å². The molecule has 0 aliphatic rings. The van der Waals surface area contributed by atoms with Crippen LogP contribution >= 0.6 is 0 Å². The lowest BCUT2D eigenvalue weighted by atomic mass is 10.1. The maximum absolute atomic E-state index is 8.98. The van der Waals surface area contributed by atoms with Gasteiger partial charge in [-0.05, 0) is 30.0 Å². The van der Waals surface area contributed by atoms with Gasteiger partial charge in [0.05, 0.1) is 6.61 Å². The van der Waals surface area contributed by atoms with Crippen LogP contribution < -0.4 is 0 Å². The van der Waals surface area contributed by atoms with Crippen LogP contribution in [-0.4, -0.2) is 5.11 Å². The molecule has 0 bridgehead atoms. The second-order valence-corrected chi connectivity index (χ2v) is 3.80. The monoisotopic (exact) mass is 204 g/mol. The largest absolute Gasteiger partial charge is 0.392 e. The zero-order valence-corrected chi connectivity index (χ0v) is 9.45. The number of aliphatic hydroxyl groups is 1. The molecule has 1 nitrogen and oxygen atoms in total. The van der Waals surface area contributed by atoms with E-state index < -0.39 is 0 Å². The van der Waals surface area contributed by atoms with E-state index in [1.165, 1.54) is 24.8 Å². The Balaban J connectivity index is 2.41. The van der Waals surface area contributed by atoms with Crippen molar-refractivity contribution in [3.05, 3.63) is 41.5 Å². The molecule has 1 N–H and O–H groups in total. The van der Waals surface area contributed by atoms with Gasteiger partial charge >= 0.3 is 0 Å². The summed E-state index contributed by atoms with van der Waals surface area (Å²) in [4.78, 5) is 0. The van der Waals surface area contributed by atoms with Crippen LogP contribution in [0.25, 0.3) is 6.08 Å². The number of hydrogen-bond acceptors (Lipinski definition) is 1. The molecular weight excluding hydrogens is 184 g/mol. The molecule has 1 aromatic rings. The first-order valence-electron chi connectivity index (χ1n) is 5.73. The Morgan fingerprint density at radius 2 is 2.13 bits per heavy atom. The third-order valence-electron chi connectivity index (χ3n) is 2.42. The molecule has 0 atom stereocenters. The van der Waals surface area contributed by atoms with Crippen molar-refractivity contribution in [1.29, 1.82) is 0 Å². The van der Waals surface area contributed by atoms with E-state index in [-0.39, 0.29) is 6.61 Å². The van der Waals surface area contributed by atoms with Crippen molar-refractivity contribution in [2.24, 2.45) is 0 Å². The van der Waals surface area contributed by atoms with Crippen molar-refractivity contribution in [2.75, 3.05) is 0 Å². The topological polar surface area (TPSA) is 20.2 Å². The summed E-state index contributed by atoms with van der Waals surface area (Å²) in [7, 11) is 0. The molecule has 0 aromatic heterocycles. The fourth-order valence-electron chi connectivity index (χ4n) is 1.53. The van der Waals surface area contributed by atoms with Gasteiger partial charge in [-0.1, -0.05) is 50.1 Å². The van der Waals surface area contributed by atoms with Crippen LogP contribution in [0, 0.1) is 0 Å². The van der Waals surface area contributed by atoms with Gasteiger partial charge in [-0.15, -0.1) is 0 Å². The van der Waals surface area contributed by atoms with Crippen molar-refractivity contribution in [1.82, 2.24) is 0 Å². The zero-order valence-electron chi connectivity index (χ0n) is 9.45. The SMILES string of the molecule is CCCCC/C=C/c1cccc(CO)c1. The van der Waals surface area contributed by atoms with Gasteiger partial charge in [-0.2, -0.15) is 0 Å². The fraction of sp³-hybridized carbons (Fsp3) is 0.429. The highest BCUT2D eigenvalue weighted by Crippen LogP contribution is 2.08. The predicted molar refractivity (Wildman–Crippen MR) is 65.5 cm³/mol. The van der Waals surface area contributed by atoms with Gasteiger partial charge < -0.3 is 5.11 Å². The predicted octanol–water partition coefficient (Wildman–Crippen LogP) is 3.77. The average molecular weight is 204 g/mol. The Morgan fingerprint density at radius 3 is 2.87 bits per heavy atom. The highest BCUT2D eigenvalue weighted by atomic mass is 16.3. The minimum atomic E-state index is 0.123.